The third-order valence-electron chi connectivity index (χ3n) is 12.2. The van der Waals surface area contributed by atoms with E-state index in [0.29, 0.717) is 55.1 Å². The predicted octanol–water partition coefficient (Wildman–Crippen LogP) is 6.47. The standard InChI is InChI=1S/C45H56N4O8S/c1-6-31-26-45(31,43(53)47-58(54,55)34-16-17-34)27-39(50)38-23-33(28-49(38)42(52)30(25-44(2,3)4)21-41(51)48-19-11-8-12-20-48)57-40-24-36(29-13-9-7-10-14-29)46-37-22-32(56-5)15-18-35(37)40/h6-7,9-10,13-15,18,22,24,30-31,33-34,38H,1,8,11-12,16-17,19-21,23,25-28H2,2-5H3,(H,47,53)/t30-,31+,33+,38-,45+/m0/s1. The second-order valence-corrected chi connectivity index (χ2v) is 19.8. The summed E-state index contributed by atoms with van der Waals surface area (Å²) < 4.78 is 40.3. The SMILES string of the molecule is C=C[C@@H]1C[C@]1(CC(=O)[C@@H]1C[C@@H](Oc2cc(-c3ccccc3)nc3cc(OC)ccc23)CN1C(=O)[C@@H](CC(=O)N1CCCCC1)CC(C)(C)C)C(=O)NS(=O)(=O)C1CC1. The number of methoxy groups -OCH3 is 1. The molecule has 2 aromatic carbocycles. The summed E-state index contributed by atoms with van der Waals surface area (Å²) in [5, 5.41) is 0.122. The van der Waals surface area contributed by atoms with Crippen molar-refractivity contribution in [2.45, 2.75) is 102 Å². The van der Waals surface area contributed by atoms with Crippen LogP contribution < -0.4 is 14.2 Å². The van der Waals surface area contributed by atoms with Crippen LogP contribution in [0.25, 0.3) is 22.2 Å². The molecule has 58 heavy (non-hydrogen) atoms. The number of Topliss-reactive ketones (excluding diaryl/α,β-unsaturated/α-hetero) is 1. The lowest BCUT2D eigenvalue weighted by molar-refractivity contribution is -0.146. The average Bonchev–Trinajstić information content (AvgIpc) is 4.14. The fourth-order valence-corrected chi connectivity index (χ4v) is 10.2. The predicted molar refractivity (Wildman–Crippen MR) is 221 cm³/mol. The summed E-state index contributed by atoms with van der Waals surface area (Å²) in [6.07, 6.45) is 5.49. The molecule has 1 N–H and O–H groups in total. The number of nitrogens with zero attached hydrogens (tertiary/aromatic N) is 3. The highest BCUT2D eigenvalue weighted by molar-refractivity contribution is 7.90. The molecule has 310 valence electrons. The zero-order valence-corrected chi connectivity index (χ0v) is 34.9. The Balaban J connectivity index is 1.21. The number of carbonyl (C=O) groups is 4. The summed E-state index contributed by atoms with van der Waals surface area (Å²) >= 11 is 0. The Morgan fingerprint density at radius 2 is 1.76 bits per heavy atom. The summed E-state index contributed by atoms with van der Waals surface area (Å²) in [5.41, 5.74) is 0.617. The van der Waals surface area contributed by atoms with Crippen molar-refractivity contribution in [2.75, 3.05) is 26.7 Å². The lowest BCUT2D eigenvalue weighted by Gasteiger charge is -2.33. The molecule has 2 aliphatic heterocycles. The number of piperidine rings is 1. The Bertz CT molecular complexity index is 2180. The van der Waals surface area contributed by atoms with E-state index in [1.165, 1.54) is 0 Å². The highest BCUT2D eigenvalue weighted by Crippen LogP contribution is 2.57. The highest BCUT2D eigenvalue weighted by Gasteiger charge is 2.61. The van der Waals surface area contributed by atoms with Gasteiger partial charge in [0.25, 0.3) is 0 Å². The number of ketones is 1. The minimum atomic E-state index is -3.86. The van der Waals surface area contributed by atoms with Gasteiger partial charge in [0.1, 0.15) is 17.6 Å². The van der Waals surface area contributed by atoms with Crippen LogP contribution in [-0.4, -0.2) is 90.8 Å². The number of hydrogen-bond donors (Lipinski definition) is 1. The largest absolute Gasteiger partial charge is 0.497 e. The first kappa shape index (κ1) is 41.4. The van der Waals surface area contributed by atoms with Crippen molar-refractivity contribution < 1.29 is 37.1 Å². The van der Waals surface area contributed by atoms with Crippen molar-refractivity contribution in [1.82, 2.24) is 19.5 Å². The molecule has 1 aromatic heterocycles. The van der Waals surface area contributed by atoms with Crippen molar-refractivity contribution in [3.05, 3.63) is 67.3 Å². The summed E-state index contributed by atoms with van der Waals surface area (Å²) in [4.78, 5) is 65.4. The topological polar surface area (TPSA) is 152 Å². The van der Waals surface area contributed by atoms with Crippen LogP contribution in [0.3, 0.4) is 0 Å². The lowest BCUT2D eigenvalue weighted by Crippen LogP contribution is -2.47. The molecule has 0 spiro atoms. The van der Waals surface area contributed by atoms with Crippen molar-refractivity contribution >= 4 is 44.4 Å². The second-order valence-electron chi connectivity index (χ2n) is 17.9. The Morgan fingerprint density at radius 3 is 2.40 bits per heavy atom. The molecule has 7 rings (SSSR count). The molecule has 3 amide bonds. The number of hydrogen-bond acceptors (Lipinski definition) is 9. The fraction of sp³-hybridized carbons (Fsp3) is 0.533. The molecule has 3 heterocycles. The van der Waals surface area contributed by atoms with E-state index in [1.54, 1.807) is 18.1 Å². The van der Waals surface area contributed by atoms with E-state index in [-0.39, 0.29) is 55.2 Å². The van der Waals surface area contributed by atoms with E-state index in [0.717, 1.165) is 30.2 Å². The van der Waals surface area contributed by atoms with Crippen LogP contribution in [-0.2, 0) is 29.2 Å². The fourth-order valence-electron chi connectivity index (χ4n) is 8.78. The van der Waals surface area contributed by atoms with Crippen molar-refractivity contribution in [2.24, 2.45) is 22.7 Å². The van der Waals surface area contributed by atoms with Gasteiger partial charge < -0.3 is 19.3 Å². The minimum absolute atomic E-state index is 0.0280. The Kier molecular flexibility index (Phi) is 11.7. The van der Waals surface area contributed by atoms with Crippen LogP contribution >= 0.6 is 0 Å². The number of sulfonamides is 1. The molecule has 0 bridgehead atoms. The van der Waals surface area contributed by atoms with Gasteiger partial charge in [-0.15, -0.1) is 6.58 Å². The van der Waals surface area contributed by atoms with Gasteiger partial charge >= 0.3 is 0 Å². The maximum Gasteiger partial charge on any atom is 0.240 e. The van der Waals surface area contributed by atoms with Gasteiger partial charge in [-0.3, -0.25) is 23.9 Å². The summed E-state index contributed by atoms with van der Waals surface area (Å²) in [6, 6.07) is 16.1. The molecule has 4 aliphatic rings. The zero-order valence-electron chi connectivity index (χ0n) is 34.1. The average molecular weight is 813 g/mol. The number of carbonyl (C=O) groups excluding carboxylic acids is 4. The number of allylic oxidation sites excluding steroid dienone is 1. The Morgan fingerprint density at radius 1 is 1.03 bits per heavy atom. The number of nitrogens with one attached hydrogen (secondary N) is 1. The van der Waals surface area contributed by atoms with E-state index in [9.17, 15) is 27.6 Å². The summed E-state index contributed by atoms with van der Waals surface area (Å²) in [7, 11) is -2.27. The number of likely N-dealkylation sites (tertiary alicyclic amines) is 2. The first-order valence-electron chi connectivity index (χ1n) is 20.6. The van der Waals surface area contributed by atoms with Gasteiger partial charge in [0.05, 0.1) is 41.6 Å². The molecule has 2 aliphatic carbocycles. The van der Waals surface area contributed by atoms with Crippen molar-refractivity contribution in [1.29, 1.82) is 0 Å². The summed E-state index contributed by atoms with van der Waals surface area (Å²) in [5.74, 6) is -1.35. The third kappa shape index (κ3) is 9.09. The van der Waals surface area contributed by atoms with Crippen LogP contribution in [0.1, 0.15) is 85.0 Å². The number of ether oxygens (including phenoxy) is 2. The smallest absolute Gasteiger partial charge is 0.240 e. The van der Waals surface area contributed by atoms with E-state index < -0.39 is 50.6 Å². The van der Waals surface area contributed by atoms with Gasteiger partial charge in [-0.05, 0) is 68.4 Å². The number of rotatable bonds is 15. The first-order chi connectivity index (χ1) is 27.6. The maximum atomic E-state index is 14.9. The maximum absolute atomic E-state index is 14.9. The van der Waals surface area contributed by atoms with Crippen LogP contribution in [0.15, 0.2) is 67.3 Å². The van der Waals surface area contributed by atoms with E-state index >= 15 is 0 Å². The lowest BCUT2D eigenvalue weighted by atomic mass is 9.82. The Hall–Kier alpha value is -4.78. The van der Waals surface area contributed by atoms with Crippen LogP contribution in [0.2, 0.25) is 0 Å². The molecule has 2 saturated carbocycles. The van der Waals surface area contributed by atoms with Gasteiger partial charge in [0.2, 0.25) is 27.7 Å². The molecular weight excluding hydrogens is 757 g/mol. The van der Waals surface area contributed by atoms with Gasteiger partial charge in [0, 0.05) is 61.4 Å². The quantitative estimate of drug-likeness (QED) is 0.170. The molecule has 4 fully saturated rings. The van der Waals surface area contributed by atoms with Gasteiger partial charge in [-0.1, -0.05) is 57.2 Å². The van der Waals surface area contributed by atoms with E-state index in [1.807, 2.05) is 80.3 Å². The van der Waals surface area contributed by atoms with E-state index in [2.05, 4.69) is 11.3 Å². The summed E-state index contributed by atoms with van der Waals surface area (Å²) in [6.45, 7) is 11.4. The minimum Gasteiger partial charge on any atom is -0.497 e. The molecule has 5 atom stereocenters. The van der Waals surface area contributed by atoms with E-state index in [4.69, 9.17) is 14.5 Å². The first-order valence-corrected chi connectivity index (χ1v) is 22.2. The number of aromatic nitrogens is 1. The van der Waals surface area contributed by atoms with Gasteiger partial charge in [-0.25, -0.2) is 13.4 Å². The zero-order chi connectivity index (χ0) is 41.4. The van der Waals surface area contributed by atoms with Crippen LogP contribution in [0, 0.1) is 22.7 Å². The highest BCUT2D eigenvalue weighted by atomic mass is 32.2. The molecule has 0 radical (unpaired) electrons. The molecule has 0 unspecified atom stereocenters. The number of fused-ring (bicyclic) bond motifs is 1. The number of amides is 3. The monoisotopic (exact) mass is 812 g/mol. The molecule has 3 aromatic rings. The normalized spacial score (nSPS) is 23.9. The second kappa shape index (κ2) is 16.5. The van der Waals surface area contributed by atoms with Crippen LogP contribution in [0.4, 0.5) is 0 Å². The van der Waals surface area contributed by atoms with Crippen molar-refractivity contribution in [3.63, 3.8) is 0 Å². The molecule has 2 saturated heterocycles. The number of pyridine rings is 1. The van der Waals surface area contributed by atoms with Crippen LogP contribution in [0.5, 0.6) is 11.5 Å². The molecule has 12 nitrogen and oxygen atoms in total. The third-order valence-corrected chi connectivity index (χ3v) is 14.0. The molecular formula is C45H56N4O8S. The molecule has 13 heteroatoms. The Labute approximate surface area is 341 Å². The van der Waals surface area contributed by atoms with Gasteiger partial charge in [0.15, 0.2) is 5.78 Å². The van der Waals surface area contributed by atoms with Crippen molar-refractivity contribution in [3.8, 4) is 22.8 Å². The van der Waals surface area contributed by atoms with Gasteiger partial charge in [-0.2, -0.15) is 0 Å². The number of benzene rings is 2.